The molecular formula is C17H29N5O9. The zero-order valence-corrected chi connectivity index (χ0v) is 17.3. The van der Waals surface area contributed by atoms with E-state index in [2.05, 4.69) is 16.0 Å². The van der Waals surface area contributed by atoms with Crippen molar-refractivity contribution in [3.8, 4) is 0 Å². The fraction of sp³-hybridized carbons (Fsp3) is 0.647. The number of carboxylic acids is 2. The molecule has 0 aliphatic rings. The van der Waals surface area contributed by atoms with E-state index in [1.807, 2.05) is 0 Å². The van der Waals surface area contributed by atoms with E-state index in [0.717, 1.165) is 6.92 Å². The van der Waals surface area contributed by atoms with Gasteiger partial charge >= 0.3 is 11.9 Å². The predicted molar refractivity (Wildman–Crippen MR) is 104 cm³/mol. The highest BCUT2D eigenvalue weighted by molar-refractivity contribution is 5.96. The van der Waals surface area contributed by atoms with E-state index in [1.165, 1.54) is 13.8 Å². The highest BCUT2D eigenvalue weighted by Gasteiger charge is 2.34. The lowest BCUT2D eigenvalue weighted by atomic mass is 10.0. The van der Waals surface area contributed by atoms with Gasteiger partial charge in [0.25, 0.3) is 0 Å². The van der Waals surface area contributed by atoms with E-state index in [4.69, 9.17) is 21.7 Å². The molecule has 14 nitrogen and oxygen atoms in total. The fourth-order valence-electron chi connectivity index (χ4n) is 2.39. The number of amides is 4. The predicted octanol–water partition coefficient (Wildman–Crippen LogP) is -3.76. The summed E-state index contributed by atoms with van der Waals surface area (Å²) in [6, 6.07) is -6.04. The summed E-state index contributed by atoms with van der Waals surface area (Å²) in [5.41, 5.74) is 10.4. The van der Waals surface area contributed by atoms with Crippen LogP contribution in [0.3, 0.4) is 0 Å². The zero-order valence-electron chi connectivity index (χ0n) is 17.3. The minimum Gasteiger partial charge on any atom is -0.481 e. The van der Waals surface area contributed by atoms with Gasteiger partial charge in [-0.15, -0.1) is 0 Å². The molecule has 0 aromatic carbocycles. The first kappa shape index (κ1) is 27.7. The Labute approximate surface area is 177 Å². The third-order valence-corrected chi connectivity index (χ3v) is 4.06. The number of aliphatic hydroxyl groups is 1. The summed E-state index contributed by atoms with van der Waals surface area (Å²) in [6.45, 7) is 4.20. The van der Waals surface area contributed by atoms with Crippen LogP contribution < -0.4 is 27.4 Å². The Morgan fingerprint density at radius 3 is 1.71 bits per heavy atom. The Kier molecular flexibility index (Phi) is 11.1. The van der Waals surface area contributed by atoms with Crippen LogP contribution in [0, 0.1) is 5.92 Å². The van der Waals surface area contributed by atoms with Gasteiger partial charge < -0.3 is 42.7 Å². The molecule has 0 rings (SSSR count). The molecule has 0 aromatic heterocycles. The number of hydrogen-bond acceptors (Lipinski definition) is 8. The highest BCUT2D eigenvalue weighted by Crippen LogP contribution is 2.06. The number of nitrogens with one attached hydrogen (secondary N) is 3. The standard InChI is InChI=1S/C17H29N5O9/c1-6(2)12(16(29)22-13(7(3)23)17(30)31)21-15(28)9(5-11(25)26)20-14(27)8(18)4-10(19)24/h6-9,12-13,23H,4-5,18H2,1-3H3,(H2,19,24)(H,20,27)(H,21,28)(H,22,29)(H,25,26)(H,30,31). The highest BCUT2D eigenvalue weighted by atomic mass is 16.4. The molecule has 10 N–H and O–H groups in total. The molecule has 14 heteroatoms. The van der Waals surface area contributed by atoms with Gasteiger partial charge in [-0.1, -0.05) is 13.8 Å². The number of primary amides is 1. The van der Waals surface area contributed by atoms with Crippen molar-refractivity contribution in [2.45, 2.75) is 63.9 Å². The third-order valence-electron chi connectivity index (χ3n) is 4.06. The molecular weight excluding hydrogens is 418 g/mol. The molecule has 0 spiro atoms. The van der Waals surface area contributed by atoms with E-state index in [0.29, 0.717) is 0 Å². The Hall–Kier alpha value is -3.26. The minimum absolute atomic E-state index is 0.541. The molecule has 31 heavy (non-hydrogen) atoms. The Balaban J connectivity index is 5.46. The topological polar surface area (TPSA) is 251 Å². The summed E-state index contributed by atoms with van der Waals surface area (Å²) in [5.74, 6) is -7.42. The van der Waals surface area contributed by atoms with Gasteiger partial charge in [0, 0.05) is 0 Å². The van der Waals surface area contributed by atoms with Gasteiger partial charge in [-0.05, 0) is 12.8 Å². The van der Waals surface area contributed by atoms with Crippen LogP contribution in [-0.4, -0.2) is 81.2 Å². The van der Waals surface area contributed by atoms with Gasteiger partial charge in [0.05, 0.1) is 25.0 Å². The lowest BCUT2D eigenvalue weighted by Crippen LogP contribution is -2.59. The van der Waals surface area contributed by atoms with Crippen molar-refractivity contribution in [3.05, 3.63) is 0 Å². The molecule has 0 aliphatic heterocycles. The summed E-state index contributed by atoms with van der Waals surface area (Å²) < 4.78 is 0. The molecule has 0 aliphatic carbocycles. The molecule has 0 radical (unpaired) electrons. The molecule has 5 unspecified atom stereocenters. The summed E-state index contributed by atoms with van der Waals surface area (Å²) in [7, 11) is 0. The largest absolute Gasteiger partial charge is 0.481 e. The van der Waals surface area contributed by atoms with Crippen molar-refractivity contribution in [2.75, 3.05) is 0 Å². The third kappa shape index (κ3) is 9.86. The van der Waals surface area contributed by atoms with Crippen molar-refractivity contribution in [3.63, 3.8) is 0 Å². The molecule has 0 fully saturated rings. The van der Waals surface area contributed by atoms with Crippen LogP contribution in [-0.2, 0) is 28.8 Å². The first-order chi connectivity index (χ1) is 14.2. The second-order valence-corrected chi connectivity index (χ2v) is 7.23. The summed E-state index contributed by atoms with van der Waals surface area (Å²) in [6.07, 6.45) is -2.84. The maximum atomic E-state index is 12.6. The summed E-state index contributed by atoms with van der Waals surface area (Å²) in [5, 5.41) is 34.0. The lowest BCUT2D eigenvalue weighted by molar-refractivity contribution is -0.146. The minimum atomic E-state index is -1.65. The molecule has 0 heterocycles. The molecule has 4 amide bonds. The van der Waals surface area contributed by atoms with Crippen molar-refractivity contribution < 1.29 is 44.1 Å². The van der Waals surface area contributed by atoms with Crippen LogP contribution in [0.15, 0.2) is 0 Å². The Bertz CT molecular complexity index is 710. The second-order valence-electron chi connectivity index (χ2n) is 7.23. The van der Waals surface area contributed by atoms with E-state index < -0.39 is 84.6 Å². The van der Waals surface area contributed by atoms with Crippen molar-refractivity contribution in [1.29, 1.82) is 0 Å². The summed E-state index contributed by atoms with van der Waals surface area (Å²) in [4.78, 5) is 70.2. The summed E-state index contributed by atoms with van der Waals surface area (Å²) >= 11 is 0. The number of hydrogen-bond donors (Lipinski definition) is 8. The SMILES string of the molecule is CC(C)C(NC(=O)C(CC(=O)O)NC(=O)C(N)CC(N)=O)C(=O)NC(C(=O)O)C(C)O. The maximum absolute atomic E-state index is 12.6. The van der Waals surface area contributed by atoms with Crippen molar-refractivity contribution in [2.24, 2.45) is 17.4 Å². The first-order valence-electron chi connectivity index (χ1n) is 9.25. The molecule has 176 valence electrons. The van der Waals surface area contributed by atoms with Gasteiger partial charge in [0.15, 0.2) is 6.04 Å². The Morgan fingerprint density at radius 1 is 0.806 bits per heavy atom. The monoisotopic (exact) mass is 447 g/mol. The van der Waals surface area contributed by atoms with E-state index in [1.54, 1.807) is 0 Å². The van der Waals surface area contributed by atoms with Crippen molar-refractivity contribution >= 4 is 35.6 Å². The number of aliphatic carboxylic acids is 2. The second kappa shape index (κ2) is 12.4. The van der Waals surface area contributed by atoms with Gasteiger partial charge in [-0.3, -0.25) is 24.0 Å². The van der Waals surface area contributed by atoms with Gasteiger partial charge in [-0.25, -0.2) is 4.79 Å². The molecule has 0 saturated heterocycles. The van der Waals surface area contributed by atoms with E-state index in [-0.39, 0.29) is 0 Å². The van der Waals surface area contributed by atoms with E-state index >= 15 is 0 Å². The number of nitrogens with two attached hydrogens (primary N) is 2. The van der Waals surface area contributed by atoms with Crippen LogP contribution in [0.4, 0.5) is 0 Å². The van der Waals surface area contributed by atoms with Crippen LogP contribution in [0.25, 0.3) is 0 Å². The number of carbonyl (C=O) groups excluding carboxylic acids is 4. The number of carbonyl (C=O) groups is 6. The average Bonchev–Trinajstić information content (AvgIpc) is 2.61. The van der Waals surface area contributed by atoms with Crippen molar-refractivity contribution in [1.82, 2.24) is 16.0 Å². The van der Waals surface area contributed by atoms with Gasteiger partial charge in [0.1, 0.15) is 12.1 Å². The molecule has 0 aromatic rings. The van der Waals surface area contributed by atoms with Crippen LogP contribution in [0.1, 0.15) is 33.6 Å². The molecule has 0 saturated carbocycles. The Morgan fingerprint density at radius 2 is 1.32 bits per heavy atom. The first-order valence-corrected chi connectivity index (χ1v) is 9.25. The van der Waals surface area contributed by atoms with Gasteiger partial charge in [0.2, 0.25) is 23.6 Å². The zero-order chi connectivity index (χ0) is 24.5. The quantitative estimate of drug-likeness (QED) is 0.137. The smallest absolute Gasteiger partial charge is 0.328 e. The van der Waals surface area contributed by atoms with Crippen LogP contribution in [0.2, 0.25) is 0 Å². The lowest BCUT2D eigenvalue weighted by Gasteiger charge is -2.27. The number of carboxylic acid groups (broad SMARTS) is 2. The fourth-order valence-corrected chi connectivity index (χ4v) is 2.39. The van der Waals surface area contributed by atoms with Gasteiger partial charge in [-0.2, -0.15) is 0 Å². The molecule has 0 bridgehead atoms. The van der Waals surface area contributed by atoms with E-state index in [9.17, 15) is 33.9 Å². The maximum Gasteiger partial charge on any atom is 0.328 e. The number of aliphatic hydroxyl groups excluding tert-OH is 1. The molecule has 5 atom stereocenters. The normalized spacial score (nSPS) is 15.7. The average molecular weight is 447 g/mol. The van der Waals surface area contributed by atoms with Crippen LogP contribution >= 0.6 is 0 Å². The van der Waals surface area contributed by atoms with Crippen LogP contribution in [0.5, 0.6) is 0 Å². The number of rotatable bonds is 13.